The molecule has 212 valence electrons. The number of aryl methyl sites for hydroxylation is 2. The van der Waals surface area contributed by atoms with Crippen molar-refractivity contribution >= 4 is 39.4 Å². The topological polar surface area (TPSA) is 96.4 Å². The number of likely N-dealkylation sites (tertiary alicyclic amines) is 1. The Kier molecular flexibility index (Phi) is 7.92. The molecular weight excluding hydrogens is 576 g/mol. The number of alkyl halides is 1. The molecule has 0 aromatic heterocycles. The van der Waals surface area contributed by atoms with Crippen LogP contribution in [0.15, 0.2) is 61.2 Å². The van der Waals surface area contributed by atoms with Crippen molar-refractivity contribution in [2.75, 3.05) is 24.7 Å². The summed E-state index contributed by atoms with van der Waals surface area (Å²) < 4.78 is 12.0. The highest BCUT2D eigenvalue weighted by Gasteiger charge is 2.77. The molecular formula is C31H35BrN2O6. The molecule has 0 radical (unpaired) electrons. The molecule has 3 saturated heterocycles. The van der Waals surface area contributed by atoms with E-state index in [4.69, 9.17) is 9.47 Å². The van der Waals surface area contributed by atoms with E-state index in [9.17, 15) is 19.5 Å². The third-order valence-corrected chi connectivity index (χ3v) is 9.29. The van der Waals surface area contributed by atoms with Gasteiger partial charge < -0.3 is 24.4 Å². The summed E-state index contributed by atoms with van der Waals surface area (Å²) in [5.41, 5.74) is 2.00. The van der Waals surface area contributed by atoms with Crippen LogP contribution in [0.3, 0.4) is 0 Å². The molecule has 5 rings (SSSR count). The van der Waals surface area contributed by atoms with Crippen LogP contribution in [0.2, 0.25) is 0 Å². The van der Waals surface area contributed by atoms with E-state index in [1.165, 1.54) is 4.90 Å². The van der Waals surface area contributed by atoms with Crippen LogP contribution in [-0.2, 0) is 23.9 Å². The molecule has 3 unspecified atom stereocenters. The third kappa shape index (κ3) is 4.39. The van der Waals surface area contributed by atoms with Crippen LogP contribution in [-0.4, -0.2) is 70.1 Å². The Balaban J connectivity index is 1.69. The quantitative estimate of drug-likeness (QED) is 0.263. The van der Waals surface area contributed by atoms with E-state index in [1.807, 2.05) is 62.4 Å². The maximum atomic E-state index is 14.8. The van der Waals surface area contributed by atoms with Crippen LogP contribution < -0.4 is 4.90 Å². The summed E-state index contributed by atoms with van der Waals surface area (Å²) in [6.07, 6.45) is 1.40. The largest absolute Gasteiger partial charge is 0.466 e. The van der Waals surface area contributed by atoms with E-state index >= 15 is 0 Å². The number of hydrogen-bond acceptors (Lipinski definition) is 6. The predicted octanol–water partition coefficient (Wildman–Crippen LogP) is 3.87. The van der Waals surface area contributed by atoms with Gasteiger partial charge in [-0.3, -0.25) is 14.4 Å². The van der Waals surface area contributed by atoms with Crippen molar-refractivity contribution in [2.45, 2.75) is 55.8 Å². The van der Waals surface area contributed by atoms with Gasteiger partial charge in [0, 0.05) is 17.1 Å². The lowest BCUT2D eigenvalue weighted by molar-refractivity contribution is -0.155. The van der Waals surface area contributed by atoms with Crippen LogP contribution in [0.5, 0.6) is 0 Å². The number of carbonyl (C=O) groups excluding carboxylic acids is 3. The zero-order valence-corrected chi connectivity index (χ0v) is 24.5. The number of nitrogens with zero attached hydrogens (tertiary/aromatic N) is 2. The van der Waals surface area contributed by atoms with Gasteiger partial charge in [-0.25, -0.2) is 0 Å². The summed E-state index contributed by atoms with van der Waals surface area (Å²) >= 11 is 3.68. The second kappa shape index (κ2) is 11.1. The maximum absolute atomic E-state index is 14.8. The number of fused-ring (bicyclic) bond motifs is 1. The molecule has 40 heavy (non-hydrogen) atoms. The fraction of sp³-hybridized carbons (Fsp3) is 0.452. The van der Waals surface area contributed by atoms with Crippen molar-refractivity contribution in [2.24, 2.45) is 11.8 Å². The lowest BCUT2D eigenvalue weighted by Gasteiger charge is -2.39. The smallest absolute Gasteiger partial charge is 0.312 e. The standard InChI is InChI=1S/C31H35BrN2O6/c1-5-14-33(22-15-18(3)12-13-19(22)4)29(37)27-31-16-21(32)26(40-31)24(30(38)39-6-2)25(31)28(36)34(27)23(17-35)20-10-8-7-9-11-20/h5,7-13,15,21,23-27,35H,1,6,14,16-17H2,2-4H3/t21?,23-,24-,25+,26-,27?,31?/m1/s1. The minimum atomic E-state index is -1.27. The molecule has 9 heteroatoms. The van der Waals surface area contributed by atoms with E-state index < -0.39 is 48.2 Å². The number of esters is 1. The number of ether oxygens (including phenoxy) is 2. The Morgan fingerprint density at radius 1 is 1.27 bits per heavy atom. The molecule has 2 aromatic rings. The Bertz CT molecular complexity index is 1320. The maximum Gasteiger partial charge on any atom is 0.312 e. The molecule has 1 N–H and O–H groups in total. The van der Waals surface area contributed by atoms with Crippen molar-refractivity contribution < 1.29 is 29.0 Å². The molecule has 0 saturated carbocycles. The lowest BCUT2D eigenvalue weighted by atomic mass is 9.70. The minimum Gasteiger partial charge on any atom is -0.466 e. The molecule has 7 atom stereocenters. The first-order valence-electron chi connectivity index (χ1n) is 13.7. The molecule has 0 aliphatic carbocycles. The first kappa shape index (κ1) is 28.5. The van der Waals surface area contributed by atoms with Crippen molar-refractivity contribution in [1.29, 1.82) is 0 Å². The minimum absolute atomic E-state index is 0.165. The first-order chi connectivity index (χ1) is 19.2. The van der Waals surface area contributed by atoms with E-state index in [0.717, 1.165) is 11.1 Å². The summed E-state index contributed by atoms with van der Waals surface area (Å²) in [6, 6.07) is 13.1. The average molecular weight is 612 g/mol. The number of halogens is 1. The highest BCUT2D eigenvalue weighted by Crippen LogP contribution is 2.61. The van der Waals surface area contributed by atoms with Crippen molar-refractivity contribution in [3.63, 3.8) is 0 Å². The fourth-order valence-electron chi connectivity index (χ4n) is 6.81. The normalized spacial score (nSPS) is 29.3. The summed E-state index contributed by atoms with van der Waals surface area (Å²) in [4.78, 5) is 45.4. The predicted molar refractivity (Wildman–Crippen MR) is 154 cm³/mol. The molecule has 1 spiro atoms. The molecule has 3 fully saturated rings. The lowest BCUT2D eigenvalue weighted by Crippen LogP contribution is -2.57. The molecule has 3 heterocycles. The fourth-order valence-corrected chi connectivity index (χ4v) is 7.76. The van der Waals surface area contributed by atoms with Crippen LogP contribution in [0.25, 0.3) is 0 Å². The van der Waals surface area contributed by atoms with Gasteiger partial charge in [-0.15, -0.1) is 6.58 Å². The monoisotopic (exact) mass is 610 g/mol. The molecule has 8 nitrogen and oxygen atoms in total. The molecule has 2 bridgehead atoms. The number of benzene rings is 2. The van der Waals surface area contributed by atoms with Gasteiger partial charge in [0.05, 0.1) is 37.2 Å². The number of rotatable bonds is 9. The van der Waals surface area contributed by atoms with Crippen LogP contribution >= 0.6 is 15.9 Å². The van der Waals surface area contributed by atoms with Gasteiger partial charge in [-0.05, 0) is 49.9 Å². The van der Waals surface area contributed by atoms with E-state index in [0.29, 0.717) is 17.7 Å². The zero-order valence-electron chi connectivity index (χ0n) is 23.0. The number of aliphatic hydroxyl groups is 1. The Morgan fingerprint density at radius 2 is 2.00 bits per heavy atom. The van der Waals surface area contributed by atoms with Crippen LogP contribution in [0, 0.1) is 25.7 Å². The van der Waals surface area contributed by atoms with Gasteiger partial charge in [-0.2, -0.15) is 0 Å². The average Bonchev–Trinajstić information content (AvgIpc) is 3.53. The highest BCUT2D eigenvalue weighted by atomic mass is 79.9. The van der Waals surface area contributed by atoms with Gasteiger partial charge in [0.25, 0.3) is 5.91 Å². The van der Waals surface area contributed by atoms with E-state index in [-0.39, 0.29) is 29.8 Å². The van der Waals surface area contributed by atoms with E-state index in [1.54, 1.807) is 17.9 Å². The third-order valence-electron chi connectivity index (χ3n) is 8.45. The molecule has 3 aliphatic heterocycles. The second-order valence-electron chi connectivity index (χ2n) is 10.8. The summed E-state index contributed by atoms with van der Waals surface area (Å²) in [7, 11) is 0. The van der Waals surface area contributed by atoms with E-state index in [2.05, 4.69) is 22.5 Å². The van der Waals surface area contributed by atoms with Crippen molar-refractivity contribution in [3.05, 3.63) is 77.9 Å². The van der Waals surface area contributed by atoms with Gasteiger partial charge >= 0.3 is 5.97 Å². The second-order valence-corrected chi connectivity index (χ2v) is 12.0. The van der Waals surface area contributed by atoms with Gasteiger partial charge in [0.15, 0.2) is 0 Å². The number of carbonyl (C=O) groups is 3. The first-order valence-corrected chi connectivity index (χ1v) is 14.6. The van der Waals surface area contributed by atoms with Gasteiger partial charge in [0.2, 0.25) is 5.91 Å². The summed E-state index contributed by atoms with van der Waals surface area (Å²) in [5, 5.41) is 10.7. The van der Waals surface area contributed by atoms with Crippen molar-refractivity contribution in [1.82, 2.24) is 4.90 Å². The SMILES string of the molecule is C=CCN(C(=O)C1N([C@H](CO)c2ccccc2)C(=O)[C@@H]2[C@@H](C(=O)OCC)[C@@H]3OC12CC3Br)c1cc(C)ccc1C. The van der Waals surface area contributed by atoms with Crippen LogP contribution in [0.4, 0.5) is 5.69 Å². The van der Waals surface area contributed by atoms with Crippen LogP contribution in [0.1, 0.15) is 36.1 Å². The van der Waals surface area contributed by atoms with Crippen molar-refractivity contribution in [3.8, 4) is 0 Å². The van der Waals surface area contributed by atoms with Gasteiger partial charge in [-0.1, -0.05) is 64.5 Å². The number of amides is 2. The van der Waals surface area contributed by atoms with Gasteiger partial charge in [0.1, 0.15) is 11.6 Å². The Hall–Kier alpha value is -3.01. The number of anilines is 1. The summed E-state index contributed by atoms with van der Waals surface area (Å²) in [5.74, 6) is -3.03. The molecule has 3 aliphatic rings. The zero-order chi connectivity index (χ0) is 28.8. The molecule has 2 aromatic carbocycles. The molecule has 2 amide bonds. The summed E-state index contributed by atoms with van der Waals surface area (Å²) in [6.45, 7) is 9.46. The Labute approximate surface area is 243 Å². The number of hydrogen-bond donors (Lipinski definition) is 1. The highest BCUT2D eigenvalue weighted by molar-refractivity contribution is 9.09. The number of aliphatic hydroxyl groups excluding tert-OH is 1. The Morgan fingerprint density at radius 3 is 2.65 bits per heavy atom.